The number of aromatic nitrogens is 4. The maximum absolute atomic E-state index is 14.7. The third-order valence-corrected chi connectivity index (χ3v) is 11.9. The highest BCUT2D eigenvalue weighted by Gasteiger charge is 2.56. The number of halogens is 3. The fourth-order valence-electron chi connectivity index (χ4n) is 9.50. The summed E-state index contributed by atoms with van der Waals surface area (Å²) < 4.78 is 52.7. The monoisotopic (exact) mass is 716 g/mol. The van der Waals surface area contributed by atoms with E-state index in [0.717, 1.165) is 75.0 Å². The predicted octanol–water partition coefficient (Wildman–Crippen LogP) is 7.68. The molecule has 1 aromatic carbocycles. The van der Waals surface area contributed by atoms with Gasteiger partial charge in [0, 0.05) is 67.6 Å². The van der Waals surface area contributed by atoms with E-state index in [0.29, 0.717) is 30.1 Å². The quantitative estimate of drug-likeness (QED) is 0.191. The van der Waals surface area contributed by atoms with Crippen LogP contribution in [-0.4, -0.2) is 61.2 Å². The molecule has 3 aromatic heterocycles. The molecule has 3 saturated carbocycles. The Labute approximate surface area is 299 Å². The standard InChI is InChI=1S/C39H43F3N6O4/c1-23-17-24-19-25(18-23)38(21-24,36(50)51)46-35(49)30-9-10-32(45-34(30)39(40,41)42)31-22-48(26-5-2-3-6-26)33-20-28(7-8-29(31)33)52-27-11-15-47(16-12-27)37-43-13-4-14-44-37/h4,7-10,13-14,20,22-27H,2-3,5-6,11-12,15-19,21H2,1H3,(H,46,49)(H,50,51). The fourth-order valence-corrected chi connectivity index (χ4v) is 9.50. The highest BCUT2D eigenvalue weighted by Crippen LogP contribution is 2.51. The average molecular weight is 717 g/mol. The molecule has 4 aliphatic rings. The number of pyridine rings is 1. The second-order valence-electron chi connectivity index (χ2n) is 15.3. The Bertz CT molecular complexity index is 1970. The van der Waals surface area contributed by atoms with Gasteiger partial charge in [0.1, 0.15) is 17.4 Å². The third kappa shape index (κ3) is 6.36. The first-order chi connectivity index (χ1) is 25.0. The summed E-state index contributed by atoms with van der Waals surface area (Å²) in [5.41, 5.74) is -2.12. The fraction of sp³-hybridized carbons (Fsp3) is 0.513. The van der Waals surface area contributed by atoms with Crippen molar-refractivity contribution in [1.29, 1.82) is 0 Å². The number of carbonyl (C=O) groups is 2. The van der Waals surface area contributed by atoms with Crippen molar-refractivity contribution in [2.75, 3.05) is 18.0 Å². The third-order valence-electron chi connectivity index (χ3n) is 11.9. The van der Waals surface area contributed by atoms with E-state index in [4.69, 9.17) is 4.74 Å². The normalized spacial score (nSPS) is 25.5. The van der Waals surface area contributed by atoms with Gasteiger partial charge in [0.25, 0.3) is 5.91 Å². The summed E-state index contributed by atoms with van der Waals surface area (Å²) in [6.07, 6.45) is 8.33. The Hall–Kier alpha value is -4.68. The lowest BCUT2D eigenvalue weighted by atomic mass is 9.78. The number of piperidine rings is 1. The van der Waals surface area contributed by atoms with Gasteiger partial charge < -0.3 is 24.6 Å². The molecule has 4 unspecified atom stereocenters. The minimum atomic E-state index is -4.95. The van der Waals surface area contributed by atoms with Crippen molar-refractivity contribution in [2.45, 2.75) is 95.0 Å². The van der Waals surface area contributed by atoms with E-state index in [1.54, 1.807) is 18.5 Å². The Morgan fingerprint density at radius 2 is 1.75 bits per heavy atom. The van der Waals surface area contributed by atoms with Crippen LogP contribution in [0.25, 0.3) is 22.2 Å². The number of fused-ring (bicyclic) bond motifs is 3. The van der Waals surface area contributed by atoms with Gasteiger partial charge in [0.05, 0.1) is 16.8 Å². The van der Waals surface area contributed by atoms with E-state index < -0.39 is 34.8 Å². The van der Waals surface area contributed by atoms with Crippen LogP contribution in [0.1, 0.15) is 93.2 Å². The molecule has 4 heterocycles. The molecule has 8 rings (SSSR count). The second kappa shape index (κ2) is 13.4. The lowest BCUT2D eigenvalue weighted by Gasteiger charge is -2.33. The number of carboxylic acids is 1. The predicted molar refractivity (Wildman–Crippen MR) is 188 cm³/mol. The number of carboxylic acid groups (broad SMARTS) is 1. The molecule has 4 aromatic rings. The summed E-state index contributed by atoms with van der Waals surface area (Å²) in [5, 5.41) is 13.6. The molecule has 0 radical (unpaired) electrons. The minimum absolute atomic E-state index is 0.00562. The number of nitrogens with zero attached hydrogens (tertiary/aromatic N) is 5. The number of amides is 1. The zero-order chi connectivity index (χ0) is 36.2. The molecule has 2 bridgehead atoms. The van der Waals surface area contributed by atoms with Crippen molar-refractivity contribution in [3.8, 4) is 17.0 Å². The Kier molecular flexibility index (Phi) is 8.85. The zero-order valence-electron chi connectivity index (χ0n) is 29.1. The number of hydrogen-bond donors (Lipinski definition) is 2. The Morgan fingerprint density at radius 1 is 1.00 bits per heavy atom. The number of benzene rings is 1. The molecule has 1 aliphatic heterocycles. The van der Waals surface area contributed by atoms with Crippen LogP contribution in [0.3, 0.4) is 0 Å². The van der Waals surface area contributed by atoms with Gasteiger partial charge in [-0.05, 0) is 86.6 Å². The van der Waals surface area contributed by atoms with E-state index in [1.807, 2.05) is 31.3 Å². The highest BCUT2D eigenvalue weighted by molar-refractivity contribution is 6.00. The van der Waals surface area contributed by atoms with E-state index in [1.165, 1.54) is 6.07 Å². The van der Waals surface area contributed by atoms with Crippen molar-refractivity contribution >= 4 is 28.7 Å². The van der Waals surface area contributed by atoms with Crippen LogP contribution in [0, 0.1) is 17.8 Å². The summed E-state index contributed by atoms with van der Waals surface area (Å²) in [7, 11) is 0. The SMILES string of the molecule is CC1CC2CC(C1)C(NC(=O)c1ccc(-c3cn(C4CCCC4)c4cc(OC5CCN(c6ncccn6)CC5)ccc34)nc1C(F)(F)F)(C(=O)O)C2. The van der Waals surface area contributed by atoms with Crippen molar-refractivity contribution in [3.05, 3.63) is 66.2 Å². The number of nitrogens with one attached hydrogen (secondary N) is 1. The number of aliphatic carboxylic acids is 1. The van der Waals surface area contributed by atoms with E-state index in [9.17, 15) is 27.9 Å². The number of alkyl halides is 3. The van der Waals surface area contributed by atoms with E-state index in [2.05, 4.69) is 29.7 Å². The first-order valence-electron chi connectivity index (χ1n) is 18.5. The van der Waals surface area contributed by atoms with Crippen molar-refractivity contribution in [2.24, 2.45) is 17.8 Å². The second-order valence-corrected chi connectivity index (χ2v) is 15.3. The molecule has 4 fully saturated rings. The molecular weight excluding hydrogens is 673 g/mol. The average Bonchev–Trinajstić information content (AvgIpc) is 3.85. The van der Waals surface area contributed by atoms with Crippen LogP contribution >= 0.6 is 0 Å². The van der Waals surface area contributed by atoms with Gasteiger partial charge in [-0.15, -0.1) is 0 Å². The van der Waals surface area contributed by atoms with Crippen LogP contribution in [0.4, 0.5) is 19.1 Å². The van der Waals surface area contributed by atoms with Crippen molar-refractivity contribution < 1.29 is 32.6 Å². The zero-order valence-corrected chi connectivity index (χ0v) is 29.1. The summed E-state index contributed by atoms with van der Waals surface area (Å²) in [6.45, 7) is 3.57. The Balaban J connectivity index is 1.09. The van der Waals surface area contributed by atoms with Gasteiger partial charge in [0.15, 0.2) is 5.69 Å². The molecule has 4 atom stereocenters. The molecule has 1 amide bonds. The highest BCUT2D eigenvalue weighted by atomic mass is 19.4. The smallest absolute Gasteiger partial charge is 0.434 e. The lowest BCUT2D eigenvalue weighted by Crippen LogP contribution is -2.57. The minimum Gasteiger partial charge on any atom is -0.490 e. The van der Waals surface area contributed by atoms with Crippen LogP contribution in [0.15, 0.2) is 55.0 Å². The molecule has 2 N–H and O–H groups in total. The summed E-state index contributed by atoms with van der Waals surface area (Å²) in [6, 6.07) is 10.3. The molecule has 1 saturated heterocycles. The van der Waals surface area contributed by atoms with Crippen LogP contribution in [0.5, 0.6) is 5.75 Å². The van der Waals surface area contributed by atoms with Crippen molar-refractivity contribution in [3.63, 3.8) is 0 Å². The first kappa shape index (κ1) is 34.4. The summed E-state index contributed by atoms with van der Waals surface area (Å²) in [4.78, 5) is 41.2. The number of anilines is 1. The van der Waals surface area contributed by atoms with Gasteiger partial charge in [-0.1, -0.05) is 19.8 Å². The first-order valence-corrected chi connectivity index (χ1v) is 18.5. The maximum Gasteiger partial charge on any atom is 0.434 e. The number of hydrogen-bond acceptors (Lipinski definition) is 7. The van der Waals surface area contributed by atoms with Crippen LogP contribution < -0.4 is 15.0 Å². The summed E-state index contributed by atoms with van der Waals surface area (Å²) >= 11 is 0. The van der Waals surface area contributed by atoms with Gasteiger partial charge in [0.2, 0.25) is 5.95 Å². The molecule has 13 heteroatoms. The molecule has 3 aliphatic carbocycles. The molecule has 52 heavy (non-hydrogen) atoms. The summed E-state index contributed by atoms with van der Waals surface area (Å²) in [5.74, 6) is -0.802. The van der Waals surface area contributed by atoms with Crippen molar-refractivity contribution in [1.82, 2.24) is 24.8 Å². The molecule has 274 valence electrons. The largest absolute Gasteiger partial charge is 0.490 e. The van der Waals surface area contributed by atoms with E-state index in [-0.39, 0.29) is 42.0 Å². The molecule has 0 spiro atoms. The van der Waals surface area contributed by atoms with Crippen LogP contribution in [0.2, 0.25) is 0 Å². The maximum atomic E-state index is 14.7. The Morgan fingerprint density at radius 3 is 2.46 bits per heavy atom. The number of carbonyl (C=O) groups excluding carboxylic acids is 1. The van der Waals surface area contributed by atoms with Gasteiger partial charge in [-0.25, -0.2) is 19.7 Å². The number of ether oxygens (including phenoxy) is 1. The lowest BCUT2D eigenvalue weighted by molar-refractivity contribution is -0.146. The molecular formula is C39H43F3N6O4. The van der Waals surface area contributed by atoms with Gasteiger partial charge in [-0.2, -0.15) is 13.2 Å². The van der Waals surface area contributed by atoms with Gasteiger partial charge in [-0.3, -0.25) is 4.79 Å². The topological polar surface area (TPSA) is 122 Å². The van der Waals surface area contributed by atoms with Crippen LogP contribution in [-0.2, 0) is 11.0 Å². The number of rotatable bonds is 8. The van der Waals surface area contributed by atoms with E-state index >= 15 is 0 Å². The van der Waals surface area contributed by atoms with Gasteiger partial charge >= 0.3 is 12.1 Å². The molecule has 10 nitrogen and oxygen atoms in total.